The van der Waals surface area contributed by atoms with Gasteiger partial charge in [-0.25, -0.2) is 9.59 Å². The number of esters is 1. The summed E-state index contributed by atoms with van der Waals surface area (Å²) in [5.41, 5.74) is 3.11. The van der Waals surface area contributed by atoms with Gasteiger partial charge in [0.15, 0.2) is 0 Å². The minimum atomic E-state index is -0.703. The fraction of sp³-hybridized carbons (Fsp3) is 0.120. The fourth-order valence-electron chi connectivity index (χ4n) is 3.51. The van der Waals surface area contributed by atoms with Gasteiger partial charge in [0.25, 0.3) is 0 Å². The van der Waals surface area contributed by atoms with E-state index in [9.17, 15) is 9.59 Å². The molecule has 162 valence electrons. The first-order valence-electron chi connectivity index (χ1n) is 9.98. The number of halogens is 1. The van der Waals surface area contributed by atoms with E-state index in [4.69, 9.17) is 21.1 Å². The van der Waals surface area contributed by atoms with Crippen LogP contribution in [-0.2, 0) is 16.1 Å². The van der Waals surface area contributed by atoms with Crippen LogP contribution in [0.25, 0.3) is 5.70 Å². The van der Waals surface area contributed by atoms with Crippen LogP contribution in [0.2, 0.25) is 5.02 Å². The Bertz CT molecular complexity index is 1160. The molecule has 32 heavy (non-hydrogen) atoms. The second-order valence-electron chi connectivity index (χ2n) is 7.17. The van der Waals surface area contributed by atoms with Crippen molar-refractivity contribution in [3.8, 4) is 5.75 Å². The summed E-state index contributed by atoms with van der Waals surface area (Å²) in [5.74, 6) is 0.0737. The third-order valence-corrected chi connectivity index (χ3v) is 5.30. The average molecular weight is 449 g/mol. The SMILES string of the molecule is COC(=O)C1=C(c2ccccc2)NC(=O)NC1c1cccc(OCc2ccc(Cl)cc2)c1. The second kappa shape index (κ2) is 9.58. The normalized spacial score (nSPS) is 15.6. The molecule has 1 aliphatic rings. The first kappa shape index (κ1) is 21.5. The molecule has 4 rings (SSSR count). The largest absolute Gasteiger partial charge is 0.489 e. The molecule has 0 spiro atoms. The van der Waals surface area contributed by atoms with Crippen LogP contribution < -0.4 is 15.4 Å². The molecular formula is C25H21ClN2O4. The van der Waals surface area contributed by atoms with Crippen LogP contribution in [0, 0.1) is 0 Å². The van der Waals surface area contributed by atoms with Gasteiger partial charge in [0.2, 0.25) is 0 Å². The maximum Gasteiger partial charge on any atom is 0.338 e. The standard InChI is InChI=1S/C25H21ClN2O4/c1-31-24(29)21-22(17-6-3-2-4-7-17)27-25(30)28-23(21)18-8-5-9-20(14-18)32-15-16-10-12-19(26)13-11-16/h2-14,23H,15H2,1H3,(H2,27,28,30). The lowest BCUT2D eigenvalue weighted by atomic mass is 9.92. The number of carbonyl (C=O) groups is 2. The van der Waals surface area contributed by atoms with Crippen molar-refractivity contribution in [1.82, 2.24) is 10.6 Å². The van der Waals surface area contributed by atoms with Crippen LogP contribution in [0.3, 0.4) is 0 Å². The Kier molecular flexibility index (Phi) is 6.42. The lowest BCUT2D eigenvalue weighted by Gasteiger charge is -2.29. The second-order valence-corrected chi connectivity index (χ2v) is 7.60. The van der Waals surface area contributed by atoms with E-state index in [0.717, 1.165) is 5.56 Å². The number of hydrogen-bond acceptors (Lipinski definition) is 4. The summed E-state index contributed by atoms with van der Waals surface area (Å²) in [5, 5.41) is 6.24. The van der Waals surface area contributed by atoms with Gasteiger partial charge in [0.05, 0.1) is 24.4 Å². The summed E-state index contributed by atoms with van der Waals surface area (Å²) < 4.78 is 11.0. The van der Waals surface area contributed by atoms with Gasteiger partial charge in [0.1, 0.15) is 12.4 Å². The van der Waals surface area contributed by atoms with Crippen molar-refractivity contribution in [1.29, 1.82) is 0 Å². The van der Waals surface area contributed by atoms with Crippen LogP contribution in [0.15, 0.2) is 84.4 Å². The van der Waals surface area contributed by atoms with Gasteiger partial charge in [-0.3, -0.25) is 0 Å². The maximum atomic E-state index is 12.8. The van der Waals surface area contributed by atoms with Crippen LogP contribution in [0.1, 0.15) is 22.7 Å². The Hall–Kier alpha value is -3.77. The Labute approximate surface area is 190 Å². The first-order valence-corrected chi connectivity index (χ1v) is 10.4. The van der Waals surface area contributed by atoms with Gasteiger partial charge in [-0.15, -0.1) is 0 Å². The summed E-state index contributed by atoms with van der Waals surface area (Å²) >= 11 is 5.93. The number of nitrogens with one attached hydrogen (secondary N) is 2. The molecule has 0 saturated heterocycles. The molecule has 1 aliphatic heterocycles. The molecule has 0 saturated carbocycles. The highest BCUT2D eigenvalue weighted by atomic mass is 35.5. The number of rotatable bonds is 6. The van der Waals surface area contributed by atoms with Crippen LogP contribution >= 0.6 is 11.6 Å². The van der Waals surface area contributed by atoms with E-state index in [2.05, 4.69) is 10.6 Å². The monoisotopic (exact) mass is 448 g/mol. The van der Waals surface area contributed by atoms with Gasteiger partial charge in [-0.2, -0.15) is 0 Å². The Balaban J connectivity index is 1.67. The van der Waals surface area contributed by atoms with Crippen molar-refractivity contribution < 1.29 is 19.1 Å². The average Bonchev–Trinajstić information content (AvgIpc) is 2.83. The molecule has 0 aromatic heterocycles. The van der Waals surface area contributed by atoms with E-state index in [1.165, 1.54) is 7.11 Å². The number of carbonyl (C=O) groups excluding carboxylic acids is 2. The van der Waals surface area contributed by atoms with Crippen LogP contribution in [0.5, 0.6) is 5.75 Å². The summed E-state index contributed by atoms with van der Waals surface area (Å²) in [7, 11) is 1.32. The zero-order chi connectivity index (χ0) is 22.5. The molecule has 3 aromatic carbocycles. The third-order valence-electron chi connectivity index (χ3n) is 5.05. The predicted octanol–water partition coefficient (Wildman–Crippen LogP) is 4.86. The fourth-order valence-corrected chi connectivity index (χ4v) is 3.63. The van der Waals surface area contributed by atoms with E-state index in [-0.39, 0.29) is 0 Å². The topological polar surface area (TPSA) is 76.7 Å². The number of amides is 2. The molecule has 7 heteroatoms. The van der Waals surface area contributed by atoms with Gasteiger partial charge in [-0.05, 0) is 41.0 Å². The highest BCUT2D eigenvalue weighted by molar-refractivity contribution is 6.30. The maximum absolute atomic E-state index is 12.8. The first-order chi connectivity index (χ1) is 15.5. The van der Waals surface area contributed by atoms with Crippen molar-refractivity contribution >= 4 is 29.3 Å². The lowest BCUT2D eigenvalue weighted by Crippen LogP contribution is -2.45. The minimum Gasteiger partial charge on any atom is -0.489 e. The van der Waals surface area contributed by atoms with E-state index in [1.54, 1.807) is 18.2 Å². The van der Waals surface area contributed by atoms with Crippen molar-refractivity contribution in [2.75, 3.05) is 7.11 Å². The van der Waals surface area contributed by atoms with Crippen molar-refractivity contribution in [2.45, 2.75) is 12.6 Å². The van der Waals surface area contributed by atoms with E-state index in [1.807, 2.05) is 60.7 Å². The van der Waals surface area contributed by atoms with Gasteiger partial charge >= 0.3 is 12.0 Å². The van der Waals surface area contributed by atoms with Crippen molar-refractivity contribution in [2.24, 2.45) is 0 Å². The summed E-state index contributed by atoms with van der Waals surface area (Å²) in [6.07, 6.45) is 0. The Morgan fingerprint density at radius 3 is 2.47 bits per heavy atom. The van der Waals surface area contributed by atoms with Crippen molar-refractivity contribution in [3.05, 3.63) is 106 Å². The molecule has 0 radical (unpaired) electrons. The zero-order valence-electron chi connectivity index (χ0n) is 17.3. The zero-order valence-corrected chi connectivity index (χ0v) is 18.1. The van der Waals surface area contributed by atoms with Gasteiger partial charge in [0, 0.05) is 5.02 Å². The van der Waals surface area contributed by atoms with E-state index < -0.39 is 18.0 Å². The third kappa shape index (κ3) is 4.76. The number of ether oxygens (including phenoxy) is 2. The van der Waals surface area contributed by atoms with E-state index in [0.29, 0.717) is 39.8 Å². The molecule has 0 aliphatic carbocycles. The number of benzene rings is 3. The van der Waals surface area contributed by atoms with Crippen LogP contribution in [0.4, 0.5) is 4.79 Å². The highest BCUT2D eigenvalue weighted by Crippen LogP contribution is 2.33. The van der Waals surface area contributed by atoms with Crippen LogP contribution in [-0.4, -0.2) is 19.1 Å². The molecule has 0 fully saturated rings. The molecule has 6 nitrogen and oxygen atoms in total. The minimum absolute atomic E-state index is 0.313. The number of methoxy groups -OCH3 is 1. The molecule has 1 heterocycles. The van der Waals surface area contributed by atoms with Crippen molar-refractivity contribution in [3.63, 3.8) is 0 Å². The Morgan fingerprint density at radius 2 is 1.75 bits per heavy atom. The smallest absolute Gasteiger partial charge is 0.338 e. The molecule has 1 unspecified atom stereocenters. The summed E-state index contributed by atoms with van der Waals surface area (Å²) in [6.45, 7) is 0.355. The summed E-state index contributed by atoms with van der Waals surface area (Å²) in [6, 6.07) is 22.8. The number of hydrogen-bond donors (Lipinski definition) is 2. The lowest BCUT2D eigenvalue weighted by molar-refractivity contribution is -0.136. The summed E-state index contributed by atoms with van der Waals surface area (Å²) in [4.78, 5) is 25.2. The molecule has 2 N–H and O–H groups in total. The highest BCUT2D eigenvalue weighted by Gasteiger charge is 2.34. The molecule has 1 atom stereocenters. The number of urea groups is 1. The van der Waals surface area contributed by atoms with Gasteiger partial charge < -0.3 is 20.1 Å². The molecule has 3 aromatic rings. The van der Waals surface area contributed by atoms with E-state index >= 15 is 0 Å². The molecule has 0 bridgehead atoms. The molecule has 2 amide bonds. The Morgan fingerprint density at radius 1 is 1.00 bits per heavy atom. The van der Waals surface area contributed by atoms with Gasteiger partial charge in [-0.1, -0.05) is 66.2 Å². The quantitative estimate of drug-likeness (QED) is 0.528. The molecular weight excluding hydrogens is 428 g/mol. The predicted molar refractivity (Wildman–Crippen MR) is 122 cm³/mol.